The summed E-state index contributed by atoms with van der Waals surface area (Å²) in [4.78, 5) is 28.4. The summed E-state index contributed by atoms with van der Waals surface area (Å²) in [6.45, 7) is 0.633. The van der Waals surface area contributed by atoms with Gasteiger partial charge in [0, 0.05) is 19.8 Å². The number of ether oxygens (including phenoxy) is 1. The number of terminal acetylenes is 1. The molecule has 0 spiro atoms. The second kappa shape index (κ2) is 6.51. The first-order valence-electron chi connectivity index (χ1n) is 6.10. The summed E-state index contributed by atoms with van der Waals surface area (Å²) in [5.74, 6) is 2.53. The van der Waals surface area contributed by atoms with Crippen LogP contribution in [0.5, 0.6) is 0 Å². The van der Waals surface area contributed by atoms with Gasteiger partial charge in [-0.05, 0) is 6.07 Å². The zero-order valence-corrected chi connectivity index (χ0v) is 12.2. The maximum atomic E-state index is 11.7. The van der Waals surface area contributed by atoms with Gasteiger partial charge in [0.2, 0.25) is 5.56 Å². The van der Waals surface area contributed by atoms with Crippen LogP contribution in [0.15, 0.2) is 17.1 Å². The predicted octanol–water partition coefficient (Wildman–Crippen LogP) is -0.354. The first-order valence-corrected chi connectivity index (χ1v) is 7.04. The average molecular weight is 309 g/mol. The number of anilines is 1. The van der Waals surface area contributed by atoms with Crippen LogP contribution in [0.4, 0.5) is 10.6 Å². The number of thioether (sulfide) groups is 1. The highest BCUT2D eigenvalue weighted by Crippen LogP contribution is 2.31. The lowest BCUT2D eigenvalue weighted by Crippen LogP contribution is -2.34. The smallest absolute Gasteiger partial charge is 0.412 e. The van der Waals surface area contributed by atoms with E-state index in [1.807, 2.05) is 0 Å². The number of aromatic nitrogens is 2. The quantitative estimate of drug-likeness (QED) is 0.735. The van der Waals surface area contributed by atoms with Crippen molar-refractivity contribution in [1.29, 1.82) is 0 Å². The summed E-state index contributed by atoms with van der Waals surface area (Å²) < 4.78 is 6.66. The number of nitrogens with two attached hydrogens (primary N) is 1. The highest BCUT2D eigenvalue weighted by Gasteiger charge is 2.30. The van der Waals surface area contributed by atoms with Crippen molar-refractivity contribution >= 4 is 23.7 Å². The molecule has 1 aliphatic heterocycles. The highest BCUT2D eigenvalue weighted by atomic mass is 32.2. The number of hydrogen-bond acceptors (Lipinski definition) is 7. The zero-order chi connectivity index (χ0) is 15.4. The molecule has 0 aliphatic carbocycles. The SMILES string of the molecule is C#CCN(C)C(=O)O[C@H]1NC[C@@H](n2ccc(N)nc2=O)S1. The minimum atomic E-state index is -0.549. The Morgan fingerprint density at radius 3 is 3.24 bits per heavy atom. The van der Waals surface area contributed by atoms with Gasteiger partial charge in [0.05, 0.1) is 6.54 Å². The van der Waals surface area contributed by atoms with E-state index in [9.17, 15) is 9.59 Å². The van der Waals surface area contributed by atoms with Gasteiger partial charge in [0.1, 0.15) is 11.2 Å². The molecule has 1 fully saturated rings. The van der Waals surface area contributed by atoms with Gasteiger partial charge in [0.25, 0.3) is 0 Å². The van der Waals surface area contributed by atoms with Crippen molar-refractivity contribution in [3.05, 3.63) is 22.7 Å². The van der Waals surface area contributed by atoms with Gasteiger partial charge in [-0.2, -0.15) is 4.98 Å². The first kappa shape index (κ1) is 15.2. The molecule has 0 radical (unpaired) electrons. The van der Waals surface area contributed by atoms with E-state index in [4.69, 9.17) is 16.9 Å². The molecule has 3 N–H and O–H groups in total. The standard InChI is InChI=1S/C12H15N5O3S/c1-3-5-16(2)12(19)20-11-14-7-9(21-11)17-6-4-8(13)15-10(17)18/h1,4,6,9,11,14H,5,7H2,2H3,(H2,13,15,18)/t9-,11+/m0/s1. The lowest BCUT2D eigenvalue weighted by molar-refractivity contribution is 0.0970. The van der Waals surface area contributed by atoms with Crippen LogP contribution in [0.25, 0.3) is 0 Å². The molecule has 0 aromatic carbocycles. The monoisotopic (exact) mass is 309 g/mol. The fraction of sp³-hybridized carbons (Fsp3) is 0.417. The summed E-state index contributed by atoms with van der Waals surface area (Å²) in [6, 6.07) is 1.54. The molecule has 9 heteroatoms. The number of rotatable bonds is 3. The molecule has 1 aromatic heterocycles. The van der Waals surface area contributed by atoms with Gasteiger partial charge in [-0.25, -0.2) is 9.59 Å². The minimum absolute atomic E-state index is 0.168. The minimum Gasteiger partial charge on any atom is -0.421 e. The Morgan fingerprint density at radius 2 is 2.57 bits per heavy atom. The fourth-order valence-electron chi connectivity index (χ4n) is 1.70. The van der Waals surface area contributed by atoms with E-state index < -0.39 is 17.3 Å². The van der Waals surface area contributed by atoms with E-state index in [-0.39, 0.29) is 17.7 Å². The molecule has 2 heterocycles. The molecule has 8 nitrogen and oxygen atoms in total. The van der Waals surface area contributed by atoms with Gasteiger partial charge < -0.3 is 15.4 Å². The van der Waals surface area contributed by atoms with E-state index in [0.29, 0.717) is 6.54 Å². The van der Waals surface area contributed by atoms with Crippen molar-refractivity contribution in [1.82, 2.24) is 19.8 Å². The van der Waals surface area contributed by atoms with Crippen LogP contribution in [0, 0.1) is 12.3 Å². The summed E-state index contributed by atoms with van der Waals surface area (Å²) >= 11 is 1.30. The van der Waals surface area contributed by atoms with Crippen LogP contribution < -0.4 is 16.7 Å². The molecule has 21 heavy (non-hydrogen) atoms. The van der Waals surface area contributed by atoms with Crippen LogP contribution >= 0.6 is 11.8 Å². The zero-order valence-electron chi connectivity index (χ0n) is 11.4. The topological polar surface area (TPSA) is 102 Å². The Kier molecular flexibility index (Phi) is 4.72. The first-order chi connectivity index (χ1) is 10.0. The predicted molar refractivity (Wildman–Crippen MR) is 79.3 cm³/mol. The third-order valence-electron chi connectivity index (χ3n) is 2.75. The maximum absolute atomic E-state index is 11.7. The average Bonchev–Trinajstić information content (AvgIpc) is 2.87. The molecule has 1 aliphatic rings. The van der Waals surface area contributed by atoms with Crippen LogP contribution in [-0.4, -0.2) is 46.2 Å². The van der Waals surface area contributed by atoms with E-state index >= 15 is 0 Å². The lowest BCUT2D eigenvalue weighted by atomic mass is 10.5. The molecule has 2 rings (SSSR count). The molecule has 1 saturated heterocycles. The molecule has 0 unspecified atom stereocenters. The van der Waals surface area contributed by atoms with E-state index in [1.165, 1.54) is 21.2 Å². The molecule has 1 aromatic rings. The summed E-state index contributed by atoms with van der Waals surface area (Å²) in [5.41, 5.74) is 4.46. The lowest BCUT2D eigenvalue weighted by Gasteiger charge is -2.17. The van der Waals surface area contributed by atoms with Crippen molar-refractivity contribution in [3.8, 4) is 12.3 Å². The van der Waals surface area contributed by atoms with Crippen molar-refractivity contribution in [2.24, 2.45) is 0 Å². The van der Waals surface area contributed by atoms with E-state index in [1.54, 1.807) is 19.3 Å². The second-order valence-electron chi connectivity index (χ2n) is 4.32. The molecule has 2 atom stereocenters. The third kappa shape index (κ3) is 3.68. The molecular formula is C12H15N5O3S. The van der Waals surface area contributed by atoms with Crippen molar-refractivity contribution in [3.63, 3.8) is 0 Å². The molecule has 1 amide bonds. The highest BCUT2D eigenvalue weighted by molar-refractivity contribution is 8.00. The number of carbonyl (C=O) groups excluding carboxylic acids is 1. The fourth-order valence-corrected chi connectivity index (χ4v) is 2.80. The normalized spacial score (nSPS) is 20.8. The van der Waals surface area contributed by atoms with Crippen LogP contribution in [0.1, 0.15) is 5.37 Å². The Balaban J connectivity index is 1.96. The number of hydrogen-bond donors (Lipinski definition) is 2. The summed E-state index contributed by atoms with van der Waals surface area (Å²) in [5, 5.41) is 2.78. The van der Waals surface area contributed by atoms with Crippen molar-refractivity contribution in [2.45, 2.75) is 10.9 Å². The van der Waals surface area contributed by atoms with Gasteiger partial charge in [-0.1, -0.05) is 17.7 Å². The maximum Gasteiger partial charge on any atom is 0.412 e. The number of nitrogens with zero attached hydrogens (tertiary/aromatic N) is 3. The van der Waals surface area contributed by atoms with Gasteiger partial charge in [0.15, 0.2) is 0 Å². The van der Waals surface area contributed by atoms with Crippen molar-refractivity contribution < 1.29 is 9.53 Å². The van der Waals surface area contributed by atoms with E-state index in [0.717, 1.165) is 0 Å². The number of nitrogens with one attached hydrogen (secondary N) is 1. The molecule has 0 saturated carbocycles. The van der Waals surface area contributed by atoms with E-state index in [2.05, 4.69) is 16.2 Å². The second-order valence-corrected chi connectivity index (χ2v) is 5.56. The van der Waals surface area contributed by atoms with Crippen molar-refractivity contribution in [2.75, 3.05) is 25.9 Å². The third-order valence-corrected chi connectivity index (χ3v) is 3.97. The molecule has 112 valence electrons. The Morgan fingerprint density at radius 1 is 1.81 bits per heavy atom. The van der Waals surface area contributed by atoms with Crippen LogP contribution in [0.2, 0.25) is 0 Å². The van der Waals surface area contributed by atoms with Gasteiger partial charge in [-0.3, -0.25) is 9.88 Å². The number of amides is 1. The molecular weight excluding hydrogens is 294 g/mol. The Labute approximate surface area is 125 Å². The van der Waals surface area contributed by atoms with Gasteiger partial charge in [-0.15, -0.1) is 6.42 Å². The van der Waals surface area contributed by atoms with Crippen LogP contribution in [-0.2, 0) is 4.74 Å². The Hall–Kier alpha value is -2.18. The Bertz CT molecular complexity index is 626. The van der Waals surface area contributed by atoms with Crippen LogP contribution in [0.3, 0.4) is 0 Å². The number of carbonyl (C=O) groups is 1. The summed E-state index contributed by atoms with van der Waals surface area (Å²) in [7, 11) is 1.55. The van der Waals surface area contributed by atoms with Gasteiger partial charge >= 0.3 is 11.8 Å². The molecule has 0 bridgehead atoms. The summed E-state index contributed by atoms with van der Waals surface area (Å²) in [6.07, 6.45) is 6.17. The number of nitrogen functional groups attached to an aromatic ring is 1. The largest absolute Gasteiger partial charge is 0.421 e.